The van der Waals surface area contributed by atoms with Gasteiger partial charge in [-0.1, -0.05) is 34.8 Å². The third kappa shape index (κ3) is 2.52. The van der Waals surface area contributed by atoms with E-state index in [2.05, 4.69) is 10.3 Å². The van der Waals surface area contributed by atoms with Crippen molar-refractivity contribution >= 4 is 43.2 Å². The molecule has 1 aliphatic rings. The number of para-hydroxylation sites is 1. The number of nitrogens with zero attached hydrogens (tertiary/aromatic N) is 2. The van der Waals surface area contributed by atoms with Crippen LogP contribution in [0.15, 0.2) is 42.5 Å². The number of benzene rings is 2. The summed E-state index contributed by atoms with van der Waals surface area (Å²) in [6.07, 6.45) is 0. The molecule has 5 nitrogen and oxygen atoms in total. The van der Waals surface area contributed by atoms with E-state index in [1.807, 2.05) is 42.5 Å². The molecule has 0 amide bonds. The van der Waals surface area contributed by atoms with Gasteiger partial charge in [0.05, 0.1) is 27.9 Å². The molecule has 2 aromatic heterocycles. The zero-order valence-electron chi connectivity index (χ0n) is 13.3. The molecule has 1 aliphatic heterocycles. The molecule has 5 rings (SSSR count). The van der Waals surface area contributed by atoms with Crippen LogP contribution in [0.5, 0.6) is 11.5 Å². The highest BCUT2D eigenvalue weighted by atomic mass is 32.1. The Labute approximate surface area is 151 Å². The lowest BCUT2D eigenvalue weighted by Crippen LogP contribution is -2.02. The molecule has 124 valence electrons. The van der Waals surface area contributed by atoms with Crippen LogP contribution in [0.3, 0.4) is 0 Å². The number of thiazole rings is 2. The predicted octanol–water partition coefficient (Wildman–Crippen LogP) is 5.06. The van der Waals surface area contributed by atoms with E-state index in [0.717, 1.165) is 48.1 Å². The van der Waals surface area contributed by atoms with Gasteiger partial charge in [0, 0.05) is 5.56 Å². The highest BCUT2D eigenvalue weighted by Crippen LogP contribution is 2.41. The van der Waals surface area contributed by atoms with Gasteiger partial charge in [-0.15, -0.1) is 0 Å². The van der Waals surface area contributed by atoms with Crippen molar-refractivity contribution in [2.24, 2.45) is 0 Å². The van der Waals surface area contributed by atoms with Gasteiger partial charge >= 0.3 is 0 Å². The van der Waals surface area contributed by atoms with Gasteiger partial charge in [-0.25, -0.2) is 9.97 Å². The topological polar surface area (TPSA) is 56.3 Å². The monoisotopic (exact) mass is 367 g/mol. The fourth-order valence-corrected chi connectivity index (χ4v) is 4.67. The Bertz CT molecular complexity index is 1090. The third-order valence-corrected chi connectivity index (χ3v) is 5.89. The normalized spacial score (nSPS) is 12.4. The molecule has 0 saturated heterocycles. The van der Waals surface area contributed by atoms with Crippen molar-refractivity contribution in [1.82, 2.24) is 9.97 Å². The van der Waals surface area contributed by atoms with Crippen molar-refractivity contribution in [1.29, 1.82) is 0 Å². The summed E-state index contributed by atoms with van der Waals surface area (Å²) in [6.45, 7) is 0.558. The molecular formula is C18H13N3O2S2. The van der Waals surface area contributed by atoms with Crippen molar-refractivity contribution in [3.05, 3.63) is 47.3 Å². The lowest BCUT2D eigenvalue weighted by atomic mass is 10.1. The van der Waals surface area contributed by atoms with Gasteiger partial charge < -0.3 is 14.8 Å². The number of hydrogen-bond donors (Lipinski definition) is 1. The smallest absolute Gasteiger partial charge is 0.190 e. The average molecular weight is 367 g/mol. The number of methoxy groups -OCH3 is 1. The van der Waals surface area contributed by atoms with Gasteiger partial charge in [0.25, 0.3) is 0 Å². The molecular weight excluding hydrogens is 354 g/mol. The second kappa shape index (κ2) is 5.72. The van der Waals surface area contributed by atoms with Gasteiger partial charge in [-0.3, -0.25) is 0 Å². The van der Waals surface area contributed by atoms with Crippen LogP contribution in [0.1, 0.15) is 4.88 Å². The first kappa shape index (κ1) is 14.7. The van der Waals surface area contributed by atoms with E-state index >= 15 is 0 Å². The molecule has 4 aromatic rings. The second-order valence-corrected chi connectivity index (χ2v) is 7.67. The Balaban J connectivity index is 1.49. The van der Waals surface area contributed by atoms with Crippen molar-refractivity contribution in [3.63, 3.8) is 0 Å². The number of aromatic nitrogens is 2. The first-order valence-corrected chi connectivity index (χ1v) is 9.37. The minimum absolute atomic E-state index is 0.558. The van der Waals surface area contributed by atoms with Crippen molar-refractivity contribution in [2.75, 3.05) is 12.4 Å². The summed E-state index contributed by atoms with van der Waals surface area (Å²) in [4.78, 5) is 10.5. The molecule has 2 aromatic carbocycles. The number of fused-ring (bicyclic) bond motifs is 4. The Hall–Kier alpha value is -2.64. The van der Waals surface area contributed by atoms with E-state index in [1.165, 1.54) is 0 Å². The predicted molar refractivity (Wildman–Crippen MR) is 101 cm³/mol. The summed E-state index contributed by atoms with van der Waals surface area (Å²) in [5.41, 5.74) is 2.99. The first-order valence-electron chi connectivity index (χ1n) is 7.74. The van der Waals surface area contributed by atoms with Crippen molar-refractivity contribution < 1.29 is 9.47 Å². The summed E-state index contributed by atoms with van der Waals surface area (Å²) < 4.78 is 12.2. The minimum atomic E-state index is 0.558. The van der Waals surface area contributed by atoms with Crippen LogP contribution in [0.25, 0.3) is 21.5 Å². The standard InChI is InChI=1S/C18H13N3O2S2/c1-22-10-6-7-12-14(8-10)24-17(19-12)21-18-20-16-11-4-2-3-5-13(11)23-9-15(16)25-18/h2-8H,9H2,1H3,(H,19,20,21). The van der Waals surface area contributed by atoms with E-state index in [-0.39, 0.29) is 0 Å². The fourth-order valence-electron chi connectivity index (χ4n) is 2.82. The summed E-state index contributed by atoms with van der Waals surface area (Å²) in [7, 11) is 1.67. The Morgan fingerprint density at radius 1 is 1.08 bits per heavy atom. The summed E-state index contributed by atoms with van der Waals surface area (Å²) >= 11 is 3.19. The number of nitrogens with one attached hydrogen (secondary N) is 1. The summed E-state index contributed by atoms with van der Waals surface area (Å²) in [5, 5.41) is 4.99. The minimum Gasteiger partial charge on any atom is -0.497 e. The highest BCUT2D eigenvalue weighted by Gasteiger charge is 2.22. The number of anilines is 2. The van der Waals surface area contributed by atoms with E-state index in [1.54, 1.807) is 29.8 Å². The number of hydrogen-bond acceptors (Lipinski definition) is 7. The Morgan fingerprint density at radius 2 is 1.96 bits per heavy atom. The SMILES string of the molecule is COc1ccc2nc(Nc3nc4c(s3)COc3ccccc3-4)sc2c1. The average Bonchev–Trinajstić information content (AvgIpc) is 3.24. The Morgan fingerprint density at radius 3 is 2.88 bits per heavy atom. The van der Waals surface area contributed by atoms with Crippen LogP contribution in [0.2, 0.25) is 0 Å². The van der Waals surface area contributed by atoms with Crippen molar-refractivity contribution in [3.8, 4) is 22.8 Å². The quantitative estimate of drug-likeness (QED) is 0.548. The third-order valence-electron chi connectivity index (χ3n) is 4.01. The molecule has 1 N–H and O–H groups in total. The maximum Gasteiger partial charge on any atom is 0.190 e. The number of ether oxygens (including phenoxy) is 2. The van der Waals surface area contributed by atoms with E-state index in [9.17, 15) is 0 Å². The van der Waals surface area contributed by atoms with E-state index in [0.29, 0.717) is 6.61 Å². The zero-order chi connectivity index (χ0) is 16.8. The molecule has 25 heavy (non-hydrogen) atoms. The Kier molecular flexibility index (Phi) is 3.36. The molecule has 0 radical (unpaired) electrons. The molecule has 7 heteroatoms. The number of rotatable bonds is 3. The molecule has 3 heterocycles. The molecule has 0 fully saturated rings. The lowest BCUT2D eigenvalue weighted by Gasteiger charge is -2.15. The highest BCUT2D eigenvalue weighted by molar-refractivity contribution is 7.22. The first-order chi connectivity index (χ1) is 12.3. The largest absolute Gasteiger partial charge is 0.497 e. The fraction of sp³-hybridized carbons (Fsp3) is 0.111. The van der Waals surface area contributed by atoms with Crippen LogP contribution in [0, 0.1) is 0 Å². The van der Waals surface area contributed by atoms with Crippen LogP contribution in [-0.2, 0) is 6.61 Å². The molecule has 0 atom stereocenters. The lowest BCUT2D eigenvalue weighted by molar-refractivity contribution is 0.305. The summed E-state index contributed by atoms with van der Waals surface area (Å²) in [6, 6.07) is 13.9. The van der Waals surface area contributed by atoms with Gasteiger partial charge in [-0.2, -0.15) is 0 Å². The molecule has 0 saturated carbocycles. The van der Waals surface area contributed by atoms with Crippen LogP contribution in [-0.4, -0.2) is 17.1 Å². The van der Waals surface area contributed by atoms with Crippen LogP contribution >= 0.6 is 22.7 Å². The molecule has 0 spiro atoms. The van der Waals surface area contributed by atoms with E-state index in [4.69, 9.17) is 14.5 Å². The van der Waals surface area contributed by atoms with Gasteiger partial charge in [0.1, 0.15) is 18.1 Å². The van der Waals surface area contributed by atoms with Crippen LogP contribution < -0.4 is 14.8 Å². The van der Waals surface area contributed by atoms with Gasteiger partial charge in [0.2, 0.25) is 0 Å². The molecule has 0 bridgehead atoms. The summed E-state index contributed by atoms with van der Waals surface area (Å²) in [5.74, 6) is 1.72. The van der Waals surface area contributed by atoms with Crippen LogP contribution in [0.4, 0.5) is 10.3 Å². The maximum atomic E-state index is 5.80. The van der Waals surface area contributed by atoms with Gasteiger partial charge in [-0.05, 0) is 30.3 Å². The molecule has 0 aliphatic carbocycles. The second-order valence-electron chi connectivity index (χ2n) is 5.55. The zero-order valence-corrected chi connectivity index (χ0v) is 14.9. The van der Waals surface area contributed by atoms with Crippen molar-refractivity contribution in [2.45, 2.75) is 6.61 Å². The molecule has 0 unspecified atom stereocenters. The van der Waals surface area contributed by atoms with E-state index < -0.39 is 0 Å². The maximum absolute atomic E-state index is 5.80. The van der Waals surface area contributed by atoms with Gasteiger partial charge in [0.15, 0.2) is 10.3 Å².